The summed E-state index contributed by atoms with van der Waals surface area (Å²) in [4.78, 5) is 4.66. The van der Waals surface area contributed by atoms with Gasteiger partial charge in [0.15, 0.2) is 15.8 Å². The van der Waals surface area contributed by atoms with Crippen LogP contribution in [0.25, 0.3) is 10.2 Å². The molecule has 0 bridgehead atoms. The number of methoxy groups -OCH3 is 2. The van der Waals surface area contributed by atoms with Crippen molar-refractivity contribution in [2.24, 2.45) is 0 Å². The maximum Gasteiger partial charge on any atom is 0.262 e. The lowest BCUT2D eigenvalue weighted by Crippen LogP contribution is -2.13. The van der Waals surface area contributed by atoms with Gasteiger partial charge in [0, 0.05) is 11.3 Å². The molecule has 1 N–H and O–H groups in total. The summed E-state index contributed by atoms with van der Waals surface area (Å²) in [7, 11) is -0.793. The lowest BCUT2D eigenvalue weighted by Gasteiger charge is -2.11. The lowest BCUT2D eigenvalue weighted by molar-refractivity contribution is 0.354. The summed E-state index contributed by atoms with van der Waals surface area (Å²) in [5.74, 6) is 0.825. The topological polar surface area (TPSA) is 77.5 Å². The normalized spacial score (nSPS) is 11.7. The molecule has 144 valence electrons. The molecule has 0 amide bonds. The van der Waals surface area contributed by atoms with Crippen molar-refractivity contribution < 1.29 is 17.9 Å². The summed E-state index contributed by atoms with van der Waals surface area (Å²) in [6, 6.07) is 9.81. The van der Waals surface area contributed by atoms with E-state index in [2.05, 4.69) is 23.6 Å². The number of aromatic nitrogens is 1. The van der Waals surface area contributed by atoms with Crippen molar-refractivity contribution in [3.05, 3.63) is 36.4 Å². The first-order valence-electron chi connectivity index (χ1n) is 8.14. The van der Waals surface area contributed by atoms with E-state index in [4.69, 9.17) is 9.47 Å². The van der Waals surface area contributed by atoms with Gasteiger partial charge in [0.1, 0.15) is 0 Å². The fourth-order valence-corrected chi connectivity index (χ4v) is 5.81. The van der Waals surface area contributed by atoms with Crippen LogP contribution in [0.1, 0.15) is 13.8 Å². The molecule has 27 heavy (non-hydrogen) atoms. The molecule has 0 aliphatic carbocycles. The molecule has 0 radical (unpaired) electrons. The van der Waals surface area contributed by atoms with E-state index in [0.717, 1.165) is 14.6 Å². The molecule has 9 heteroatoms. The molecule has 0 aliphatic heterocycles. The van der Waals surface area contributed by atoms with Crippen LogP contribution in [0.5, 0.6) is 11.5 Å². The number of nitrogens with one attached hydrogen (secondary N) is 1. The van der Waals surface area contributed by atoms with Gasteiger partial charge in [-0.05, 0) is 30.3 Å². The predicted octanol–water partition coefficient (Wildman–Crippen LogP) is 4.61. The zero-order valence-electron chi connectivity index (χ0n) is 15.3. The molecule has 0 aliphatic rings. The minimum absolute atomic E-state index is 0.0978. The summed E-state index contributed by atoms with van der Waals surface area (Å²) in [5.41, 5.74) is 1.35. The number of hydrogen-bond donors (Lipinski definition) is 1. The summed E-state index contributed by atoms with van der Waals surface area (Å²) < 4.78 is 40.3. The third kappa shape index (κ3) is 4.48. The molecule has 0 saturated carbocycles. The van der Waals surface area contributed by atoms with E-state index in [1.165, 1.54) is 26.4 Å². The predicted molar refractivity (Wildman–Crippen MR) is 111 cm³/mol. The fourth-order valence-electron chi connectivity index (χ4n) is 2.42. The van der Waals surface area contributed by atoms with Gasteiger partial charge in [-0.15, -0.1) is 11.3 Å². The van der Waals surface area contributed by atoms with Gasteiger partial charge in [0.25, 0.3) is 10.0 Å². The van der Waals surface area contributed by atoms with Crippen LogP contribution in [0.4, 0.5) is 5.69 Å². The Hall–Kier alpha value is -1.97. The second kappa shape index (κ2) is 7.95. The lowest BCUT2D eigenvalue weighted by atomic mass is 10.3. The van der Waals surface area contributed by atoms with E-state index >= 15 is 0 Å². The Morgan fingerprint density at radius 1 is 1.07 bits per heavy atom. The van der Waals surface area contributed by atoms with Crippen molar-refractivity contribution in [1.29, 1.82) is 0 Å². The number of rotatable bonds is 7. The van der Waals surface area contributed by atoms with Gasteiger partial charge < -0.3 is 9.47 Å². The van der Waals surface area contributed by atoms with Crippen LogP contribution in [-0.4, -0.2) is 32.9 Å². The van der Waals surface area contributed by atoms with Crippen LogP contribution >= 0.6 is 23.1 Å². The Labute approximate surface area is 167 Å². The maximum absolute atomic E-state index is 12.7. The number of ether oxygens (including phenoxy) is 2. The van der Waals surface area contributed by atoms with E-state index in [0.29, 0.717) is 22.4 Å². The molecule has 2 aromatic carbocycles. The molecular formula is C18H20N2O4S3. The van der Waals surface area contributed by atoms with E-state index in [1.807, 2.05) is 6.07 Å². The van der Waals surface area contributed by atoms with Crippen molar-refractivity contribution in [3.63, 3.8) is 0 Å². The smallest absolute Gasteiger partial charge is 0.262 e. The zero-order chi connectivity index (χ0) is 19.6. The van der Waals surface area contributed by atoms with Gasteiger partial charge in [-0.2, -0.15) is 0 Å². The first-order valence-corrected chi connectivity index (χ1v) is 11.3. The number of hydrogen-bond acceptors (Lipinski definition) is 7. The number of nitrogens with zero attached hydrogens (tertiary/aromatic N) is 1. The Morgan fingerprint density at radius 3 is 2.48 bits per heavy atom. The molecule has 0 atom stereocenters. The van der Waals surface area contributed by atoms with Crippen molar-refractivity contribution in [2.45, 2.75) is 28.3 Å². The first-order chi connectivity index (χ1) is 12.8. The van der Waals surface area contributed by atoms with E-state index in [9.17, 15) is 8.42 Å². The number of fused-ring (bicyclic) bond motifs is 1. The number of sulfonamides is 1. The van der Waals surface area contributed by atoms with Crippen LogP contribution in [0.3, 0.4) is 0 Å². The quantitative estimate of drug-likeness (QED) is 0.558. The van der Waals surface area contributed by atoms with Crippen molar-refractivity contribution in [1.82, 2.24) is 4.98 Å². The van der Waals surface area contributed by atoms with E-state index in [-0.39, 0.29) is 4.90 Å². The third-order valence-corrected chi connectivity index (χ3v) is 7.12. The minimum Gasteiger partial charge on any atom is -0.493 e. The minimum atomic E-state index is -3.76. The summed E-state index contributed by atoms with van der Waals surface area (Å²) >= 11 is 3.24. The average Bonchev–Trinajstić information content (AvgIpc) is 3.01. The average molecular weight is 425 g/mol. The Balaban J connectivity index is 1.89. The SMILES string of the molecule is COc1ccc(S(=O)(=O)Nc2ccc3nc(SC(C)C)sc3c2)cc1OC. The van der Waals surface area contributed by atoms with Crippen molar-refractivity contribution in [3.8, 4) is 11.5 Å². The molecule has 6 nitrogen and oxygen atoms in total. The molecule has 0 spiro atoms. The molecule has 0 fully saturated rings. The molecule has 0 saturated heterocycles. The fraction of sp³-hybridized carbons (Fsp3) is 0.278. The highest BCUT2D eigenvalue weighted by Gasteiger charge is 2.18. The molecule has 1 heterocycles. The Kier molecular flexibility index (Phi) is 5.83. The largest absolute Gasteiger partial charge is 0.493 e. The van der Waals surface area contributed by atoms with Crippen LogP contribution in [-0.2, 0) is 10.0 Å². The van der Waals surface area contributed by atoms with Gasteiger partial charge >= 0.3 is 0 Å². The maximum atomic E-state index is 12.7. The number of thiazole rings is 1. The van der Waals surface area contributed by atoms with Crippen molar-refractivity contribution >= 4 is 49.0 Å². The molecular weight excluding hydrogens is 404 g/mol. The number of anilines is 1. The van der Waals surface area contributed by atoms with Gasteiger partial charge in [-0.25, -0.2) is 13.4 Å². The second-order valence-electron chi connectivity index (χ2n) is 5.95. The third-order valence-electron chi connectivity index (χ3n) is 3.62. The van der Waals surface area contributed by atoms with Crippen LogP contribution in [0.15, 0.2) is 45.6 Å². The molecule has 1 aromatic heterocycles. The summed E-state index contributed by atoms with van der Waals surface area (Å²) in [6.45, 7) is 4.22. The molecule has 3 rings (SSSR count). The Morgan fingerprint density at radius 2 is 1.81 bits per heavy atom. The number of benzene rings is 2. The van der Waals surface area contributed by atoms with Gasteiger partial charge in [0.2, 0.25) is 0 Å². The molecule has 3 aromatic rings. The summed E-state index contributed by atoms with van der Waals surface area (Å²) in [6.07, 6.45) is 0. The van der Waals surface area contributed by atoms with Gasteiger partial charge in [-0.3, -0.25) is 4.72 Å². The van der Waals surface area contributed by atoms with E-state index < -0.39 is 10.0 Å². The molecule has 0 unspecified atom stereocenters. The van der Waals surface area contributed by atoms with Gasteiger partial charge in [0.05, 0.1) is 35.0 Å². The summed E-state index contributed by atoms with van der Waals surface area (Å²) in [5, 5.41) is 0.439. The highest BCUT2D eigenvalue weighted by molar-refractivity contribution is 8.01. The van der Waals surface area contributed by atoms with Crippen LogP contribution in [0.2, 0.25) is 0 Å². The van der Waals surface area contributed by atoms with E-state index in [1.54, 1.807) is 41.3 Å². The van der Waals surface area contributed by atoms with Gasteiger partial charge in [-0.1, -0.05) is 25.6 Å². The van der Waals surface area contributed by atoms with Crippen LogP contribution in [0, 0.1) is 0 Å². The number of thioether (sulfide) groups is 1. The highest BCUT2D eigenvalue weighted by atomic mass is 32.2. The highest BCUT2D eigenvalue weighted by Crippen LogP contribution is 2.34. The standard InChI is InChI=1S/C18H20N2O4S3/c1-11(2)25-18-19-14-7-5-12(9-17(14)26-18)20-27(21,22)13-6-8-15(23-3)16(10-13)24-4/h5-11,20H,1-4H3. The first kappa shape index (κ1) is 19.8. The zero-order valence-corrected chi connectivity index (χ0v) is 17.8. The van der Waals surface area contributed by atoms with Crippen molar-refractivity contribution in [2.75, 3.05) is 18.9 Å². The second-order valence-corrected chi connectivity index (χ2v) is 10.5. The Bertz CT molecular complexity index is 1060. The monoisotopic (exact) mass is 424 g/mol. The van der Waals surface area contributed by atoms with Crippen LogP contribution < -0.4 is 14.2 Å².